The standard InChI is InChI=1S/C25H30N2O3/c1-2-19-5-3-4-6-24(19)27(18-29)11-9-23-16-22(17-26(23)12-13-28)20-7-8-25-21(15-20)10-14-30-25/h3-8,13,15,18,22-23H,2,9-12,14,16-17H2,1H3. The maximum Gasteiger partial charge on any atom is 0.214 e. The average Bonchev–Trinajstić information content (AvgIpc) is 3.41. The smallest absolute Gasteiger partial charge is 0.214 e. The number of para-hydroxylation sites is 1. The van der Waals surface area contributed by atoms with Crippen molar-refractivity contribution in [1.82, 2.24) is 4.90 Å². The van der Waals surface area contributed by atoms with Crippen molar-refractivity contribution >= 4 is 18.4 Å². The summed E-state index contributed by atoms with van der Waals surface area (Å²) in [6, 6.07) is 14.9. The summed E-state index contributed by atoms with van der Waals surface area (Å²) in [6.07, 6.45) is 5.67. The molecule has 2 unspecified atom stereocenters. The first-order valence-electron chi connectivity index (χ1n) is 11.0. The second-order valence-electron chi connectivity index (χ2n) is 8.24. The molecule has 2 atom stereocenters. The number of amides is 1. The number of carbonyl (C=O) groups is 2. The number of aryl methyl sites for hydroxylation is 1. The molecule has 1 saturated heterocycles. The topological polar surface area (TPSA) is 49.9 Å². The van der Waals surface area contributed by atoms with E-state index < -0.39 is 0 Å². The first kappa shape index (κ1) is 20.6. The average molecular weight is 407 g/mol. The van der Waals surface area contributed by atoms with Gasteiger partial charge in [-0.05, 0) is 54.0 Å². The largest absolute Gasteiger partial charge is 0.493 e. The van der Waals surface area contributed by atoms with Crippen molar-refractivity contribution in [2.75, 3.05) is 31.1 Å². The van der Waals surface area contributed by atoms with E-state index in [1.54, 1.807) is 0 Å². The number of benzene rings is 2. The SMILES string of the molecule is CCc1ccccc1N(C=O)CCC1CC(c2ccc3c(c2)CCO3)CN1CC=O. The Hall–Kier alpha value is -2.66. The van der Waals surface area contributed by atoms with Crippen LogP contribution in [0, 0.1) is 0 Å². The van der Waals surface area contributed by atoms with Gasteiger partial charge in [0.2, 0.25) is 6.41 Å². The summed E-state index contributed by atoms with van der Waals surface area (Å²) in [5.41, 5.74) is 4.80. The van der Waals surface area contributed by atoms with Crippen LogP contribution in [0.25, 0.3) is 0 Å². The molecule has 0 bridgehead atoms. The predicted molar refractivity (Wildman–Crippen MR) is 118 cm³/mol. The Morgan fingerprint density at radius 1 is 1.20 bits per heavy atom. The van der Waals surface area contributed by atoms with Gasteiger partial charge in [0.1, 0.15) is 12.0 Å². The van der Waals surface area contributed by atoms with Gasteiger partial charge in [0, 0.05) is 31.2 Å². The van der Waals surface area contributed by atoms with Crippen LogP contribution in [0.1, 0.15) is 42.4 Å². The molecular weight excluding hydrogens is 376 g/mol. The van der Waals surface area contributed by atoms with E-state index in [0.717, 1.165) is 63.0 Å². The summed E-state index contributed by atoms with van der Waals surface area (Å²) in [5.74, 6) is 1.42. The lowest BCUT2D eigenvalue weighted by Crippen LogP contribution is -2.35. The lowest BCUT2D eigenvalue weighted by Gasteiger charge is -2.26. The Morgan fingerprint density at radius 2 is 2.07 bits per heavy atom. The number of nitrogens with zero attached hydrogens (tertiary/aromatic N) is 2. The van der Waals surface area contributed by atoms with Crippen molar-refractivity contribution in [3.05, 3.63) is 59.2 Å². The molecule has 0 saturated carbocycles. The van der Waals surface area contributed by atoms with E-state index >= 15 is 0 Å². The van der Waals surface area contributed by atoms with Crippen LogP contribution in [-0.4, -0.2) is 49.9 Å². The zero-order valence-corrected chi connectivity index (χ0v) is 17.6. The van der Waals surface area contributed by atoms with E-state index in [1.807, 2.05) is 23.1 Å². The Bertz CT molecular complexity index is 898. The van der Waals surface area contributed by atoms with Crippen LogP contribution in [0.15, 0.2) is 42.5 Å². The molecule has 4 rings (SSSR count). The Balaban J connectivity index is 1.45. The maximum absolute atomic E-state index is 11.8. The van der Waals surface area contributed by atoms with E-state index in [9.17, 15) is 9.59 Å². The third-order valence-electron chi connectivity index (χ3n) is 6.53. The van der Waals surface area contributed by atoms with Crippen LogP contribution in [0.5, 0.6) is 5.75 Å². The van der Waals surface area contributed by atoms with E-state index in [1.165, 1.54) is 16.7 Å². The van der Waals surface area contributed by atoms with Crippen molar-refractivity contribution in [3.8, 4) is 5.75 Å². The minimum absolute atomic E-state index is 0.293. The molecule has 0 N–H and O–H groups in total. The molecule has 0 aromatic heterocycles. The van der Waals surface area contributed by atoms with E-state index in [0.29, 0.717) is 25.0 Å². The highest BCUT2D eigenvalue weighted by Crippen LogP contribution is 2.36. The van der Waals surface area contributed by atoms with E-state index in [2.05, 4.69) is 36.1 Å². The summed E-state index contributed by atoms with van der Waals surface area (Å²) < 4.78 is 5.64. The second-order valence-corrected chi connectivity index (χ2v) is 8.24. The molecule has 1 amide bonds. The number of rotatable bonds is 9. The highest BCUT2D eigenvalue weighted by Gasteiger charge is 2.33. The molecule has 5 heteroatoms. The number of anilines is 1. The molecule has 30 heavy (non-hydrogen) atoms. The molecular formula is C25H30N2O3. The minimum atomic E-state index is 0.293. The van der Waals surface area contributed by atoms with E-state index in [4.69, 9.17) is 4.74 Å². The third-order valence-corrected chi connectivity index (χ3v) is 6.53. The fourth-order valence-corrected chi connectivity index (χ4v) is 4.91. The molecule has 5 nitrogen and oxygen atoms in total. The number of aldehydes is 1. The Labute approximate surface area is 178 Å². The summed E-state index contributed by atoms with van der Waals surface area (Å²) in [6.45, 7) is 4.86. The van der Waals surface area contributed by atoms with Crippen molar-refractivity contribution in [2.45, 2.75) is 44.6 Å². The quantitative estimate of drug-likeness (QED) is 0.597. The molecule has 0 aliphatic carbocycles. The molecule has 2 aromatic carbocycles. The van der Waals surface area contributed by atoms with Crippen molar-refractivity contribution in [2.24, 2.45) is 0 Å². The van der Waals surface area contributed by atoms with Crippen LogP contribution in [0.2, 0.25) is 0 Å². The van der Waals surface area contributed by atoms with Crippen LogP contribution < -0.4 is 9.64 Å². The van der Waals surface area contributed by atoms with Gasteiger partial charge in [0.25, 0.3) is 0 Å². The van der Waals surface area contributed by atoms with Gasteiger partial charge in [-0.3, -0.25) is 9.69 Å². The van der Waals surface area contributed by atoms with Crippen molar-refractivity contribution < 1.29 is 14.3 Å². The number of likely N-dealkylation sites (tertiary alicyclic amines) is 1. The van der Waals surface area contributed by atoms with Crippen molar-refractivity contribution in [3.63, 3.8) is 0 Å². The first-order valence-corrected chi connectivity index (χ1v) is 11.0. The van der Waals surface area contributed by atoms with Gasteiger partial charge in [-0.25, -0.2) is 0 Å². The summed E-state index contributed by atoms with van der Waals surface area (Å²) in [7, 11) is 0. The number of ether oxygens (including phenoxy) is 1. The molecule has 2 heterocycles. The fourth-order valence-electron chi connectivity index (χ4n) is 4.91. The number of fused-ring (bicyclic) bond motifs is 1. The maximum atomic E-state index is 11.8. The molecule has 2 aliphatic heterocycles. The Kier molecular flexibility index (Phi) is 6.48. The van der Waals surface area contributed by atoms with Gasteiger partial charge in [-0.1, -0.05) is 37.3 Å². The normalized spacial score (nSPS) is 20.6. The van der Waals surface area contributed by atoms with Gasteiger partial charge in [0.05, 0.1) is 13.2 Å². The first-order chi connectivity index (χ1) is 14.7. The molecule has 0 radical (unpaired) electrons. The lowest BCUT2D eigenvalue weighted by molar-refractivity contribution is -0.109. The van der Waals surface area contributed by atoms with Gasteiger partial charge in [-0.2, -0.15) is 0 Å². The van der Waals surface area contributed by atoms with Crippen LogP contribution in [0.4, 0.5) is 5.69 Å². The monoisotopic (exact) mass is 406 g/mol. The lowest BCUT2D eigenvalue weighted by atomic mass is 9.93. The molecule has 1 fully saturated rings. The molecule has 0 spiro atoms. The summed E-state index contributed by atoms with van der Waals surface area (Å²) >= 11 is 0. The molecule has 2 aliphatic rings. The second kappa shape index (κ2) is 9.43. The molecule has 158 valence electrons. The van der Waals surface area contributed by atoms with Gasteiger partial charge in [0.15, 0.2) is 0 Å². The fraction of sp³-hybridized carbons (Fsp3) is 0.440. The summed E-state index contributed by atoms with van der Waals surface area (Å²) in [4.78, 5) is 27.2. The highest BCUT2D eigenvalue weighted by molar-refractivity contribution is 5.77. The van der Waals surface area contributed by atoms with Gasteiger partial charge < -0.3 is 14.4 Å². The minimum Gasteiger partial charge on any atom is -0.493 e. The number of carbonyl (C=O) groups excluding carboxylic acids is 2. The zero-order valence-electron chi connectivity index (χ0n) is 17.6. The number of hydrogen-bond acceptors (Lipinski definition) is 4. The van der Waals surface area contributed by atoms with Crippen LogP contribution in [0.3, 0.4) is 0 Å². The van der Waals surface area contributed by atoms with Gasteiger partial charge in [-0.15, -0.1) is 0 Å². The summed E-state index contributed by atoms with van der Waals surface area (Å²) in [5, 5.41) is 0. The van der Waals surface area contributed by atoms with Gasteiger partial charge >= 0.3 is 0 Å². The predicted octanol–water partition coefficient (Wildman–Crippen LogP) is 3.59. The zero-order chi connectivity index (χ0) is 20.9. The van der Waals surface area contributed by atoms with E-state index in [-0.39, 0.29) is 0 Å². The number of hydrogen-bond donors (Lipinski definition) is 0. The van der Waals surface area contributed by atoms with Crippen LogP contribution in [-0.2, 0) is 22.4 Å². The molecule has 2 aromatic rings. The third kappa shape index (κ3) is 4.26. The van der Waals surface area contributed by atoms with Crippen molar-refractivity contribution in [1.29, 1.82) is 0 Å². The van der Waals surface area contributed by atoms with Crippen LogP contribution >= 0.6 is 0 Å². The Morgan fingerprint density at radius 3 is 2.87 bits per heavy atom. The highest BCUT2D eigenvalue weighted by atomic mass is 16.5.